The lowest BCUT2D eigenvalue weighted by atomic mass is 10.3. The lowest BCUT2D eigenvalue weighted by Gasteiger charge is -2.28. The van der Waals surface area contributed by atoms with Crippen LogP contribution in [-0.2, 0) is 14.8 Å². The average Bonchev–Trinajstić information content (AvgIpc) is 3.07. The number of nitrogens with zero attached hydrogens (tertiary/aromatic N) is 3. The fourth-order valence-electron chi connectivity index (χ4n) is 2.46. The summed E-state index contributed by atoms with van der Waals surface area (Å²) >= 11 is 4.44. The summed E-state index contributed by atoms with van der Waals surface area (Å²) in [7, 11) is -3.49. The number of thiophene rings is 1. The van der Waals surface area contributed by atoms with Gasteiger partial charge in [0.15, 0.2) is 0 Å². The molecule has 1 saturated heterocycles. The van der Waals surface area contributed by atoms with Gasteiger partial charge in [-0.05, 0) is 35.0 Å². The van der Waals surface area contributed by atoms with Gasteiger partial charge in [0.25, 0.3) is 0 Å². The van der Waals surface area contributed by atoms with Crippen molar-refractivity contribution in [1.29, 1.82) is 0 Å². The van der Waals surface area contributed by atoms with Crippen LogP contribution in [0.3, 0.4) is 0 Å². The quantitative estimate of drug-likeness (QED) is 0.607. The molecule has 11 heteroatoms. The van der Waals surface area contributed by atoms with Gasteiger partial charge in [-0.15, -0.1) is 11.3 Å². The minimum Gasteiger partial charge on any atom is -0.378 e. The topological polar surface area (TPSA) is 96.5 Å². The SMILES string of the molecule is Cc1cc(N2CCOCC2)nc(NCCNS(=O)(=O)c2ccc(Br)s2)n1. The molecule has 1 aliphatic rings. The van der Waals surface area contributed by atoms with E-state index < -0.39 is 10.0 Å². The van der Waals surface area contributed by atoms with Gasteiger partial charge in [-0.25, -0.2) is 18.1 Å². The molecular weight excluding hydrogens is 442 g/mol. The molecule has 0 saturated carbocycles. The van der Waals surface area contributed by atoms with E-state index in [0.29, 0.717) is 25.7 Å². The summed E-state index contributed by atoms with van der Waals surface area (Å²) in [5.74, 6) is 1.34. The van der Waals surface area contributed by atoms with Gasteiger partial charge in [0, 0.05) is 37.9 Å². The monoisotopic (exact) mass is 461 g/mol. The molecule has 0 bridgehead atoms. The van der Waals surface area contributed by atoms with Crippen LogP contribution in [0.5, 0.6) is 0 Å². The average molecular weight is 462 g/mol. The minimum absolute atomic E-state index is 0.238. The van der Waals surface area contributed by atoms with E-state index in [0.717, 1.165) is 28.4 Å². The normalized spacial score (nSPS) is 15.2. The molecule has 3 heterocycles. The van der Waals surface area contributed by atoms with Crippen LogP contribution in [0.2, 0.25) is 0 Å². The van der Waals surface area contributed by atoms with Gasteiger partial charge in [0.1, 0.15) is 10.0 Å². The number of hydrogen-bond donors (Lipinski definition) is 2. The highest BCUT2D eigenvalue weighted by Gasteiger charge is 2.16. The van der Waals surface area contributed by atoms with Gasteiger partial charge in [0.05, 0.1) is 17.0 Å². The number of anilines is 2. The Morgan fingerprint density at radius 2 is 2.04 bits per heavy atom. The van der Waals surface area contributed by atoms with Crippen LogP contribution >= 0.6 is 27.3 Å². The molecule has 1 fully saturated rings. The highest BCUT2D eigenvalue weighted by Crippen LogP contribution is 2.25. The van der Waals surface area contributed by atoms with E-state index in [1.54, 1.807) is 12.1 Å². The summed E-state index contributed by atoms with van der Waals surface area (Å²) in [5.41, 5.74) is 0.855. The number of aryl methyl sites for hydroxylation is 1. The Kier molecular flexibility index (Phi) is 6.46. The molecule has 8 nitrogen and oxygen atoms in total. The largest absolute Gasteiger partial charge is 0.378 e. The van der Waals surface area contributed by atoms with Gasteiger partial charge < -0.3 is 15.0 Å². The second-order valence-electron chi connectivity index (χ2n) is 5.67. The molecule has 0 atom stereocenters. The van der Waals surface area contributed by atoms with Gasteiger partial charge in [-0.2, -0.15) is 4.98 Å². The van der Waals surface area contributed by atoms with Gasteiger partial charge in [-0.1, -0.05) is 0 Å². The number of aromatic nitrogens is 2. The van der Waals surface area contributed by atoms with E-state index in [-0.39, 0.29) is 10.8 Å². The maximum Gasteiger partial charge on any atom is 0.250 e. The lowest BCUT2D eigenvalue weighted by molar-refractivity contribution is 0.122. The van der Waals surface area contributed by atoms with Gasteiger partial charge in [0.2, 0.25) is 16.0 Å². The summed E-state index contributed by atoms with van der Waals surface area (Å²) in [6.07, 6.45) is 0. The van der Waals surface area contributed by atoms with Crippen molar-refractivity contribution < 1.29 is 13.2 Å². The van der Waals surface area contributed by atoms with Crippen LogP contribution in [0.1, 0.15) is 5.69 Å². The van der Waals surface area contributed by atoms with Crippen molar-refractivity contribution in [2.24, 2.45) is 0 Å². The maximum absolute atomic E-state index is 12.2. The molecule has 142 valence electrons. The molecular formula is C15H20BrN5O3S2. The van der Waals surface area contributed by atoms with E-state index >= 15 is 0 Å². The first-order valence-corrected chi connectivity index (χ1v) is 11.2. The molecule has 0 radical (unpaired) electrons. The Morgan fingerprint density at radius 3 is 2.73 bits per heavy atom. The maximum atomic E-state index is 12.2. The van der Waals surface area contributed by atoms with Crippen LogP contribution < -0.4 is 14.9 Å². The summed E-state index contributed by atoms with van der Waals surface area (Å²) in [4.78, 5) is 11.0. The summed E-state index contributed by atoms with van der Waals surface area (Å²) in [6.45, 7) is 5.50. The smallest absolute Gasteiger partial charge is 0.250 e. The second-order valence-corrected chi connectivity index (χ2v) is 10.1. The van der Waals surface area contributed by atoms with Crippen molar-refractivity contribution >= 4 is 49.1 Å². The third-order valence-electron chi connectivity index (χ3n) is 3.69. The number of halogens is 1. The second kappa shape index (κ2) is 8.61. The van der Waals surface area contributed by atoms with Crippen molar-refractivity contribution in [2.75, 3.05) is 49.6 Å². The predicted octanol–water partition coefficient (Wildman–Crippen LogP) is 1.84. The fraction of sp³-hybridized carbons (Fsp3) is 0.467. The number of hydrogen-bond acceptors (Lipinski definition) is 8. The summed E-state index contributed by atoms with van der Waals surface area (Å²) in [6, 6.07) is 5.22. The van der Waals surface area contributed by atoms with Crippen LogP contribution in [0.15, 0.2) is 26.2 Å². The lowest BCUT2D eigenvalue weighted by Crippen LogP contribution is -2.37. The molecule has 0 aliphatic carbocycles. The van der Waals surface area contributed by atoms with Crippen molar-refractivity contribution in [1.82, 2.24) is 14.7 Å². The molecule has 0 spiro atoms. The molecule has 0 unspecified atom stereocenters. The molecule has 0 aromatic carbocycles. The number of ether oxygens (including phenoxy) is 1. The minimum atomic E-state index is -3.49. The molecule has 2 aromatic rings. The third kappa shape index (κ3) is 5.13. The Balaban J connectivity index is 1.55. The fourth-order valence-corrected chi connectivity index (χ4v) is 5.54. The first-order valence-electron chi connectivity index (χ1n) is 8.11. The third-order valence-corrected chi connectivity index (χ3v) is 7.27. The van der Waals surface area contributed by atoms with E-state index in [2.05, 4.69) is 40.8 Å². The Hall–Kier alpha value is -1.27. The van der Waals surface area contributed by atoms with Gasteiger partial charge in [-0.3, -0.25) is 0 Å². The van der Waals surface area contributed by atoms with Crippen molar-refractivity contribution in [2.45, 2.75) is 11.1 Å². The Bertz CT molecular complexity index is 853. The first kappa shape index (κ1) is 19.5. The highest BCUT2D eigenvalue weighted by atomic mass is 79.9. The molecule has 2 aromatic heterocycles. The van der Waals surface area contributed by atoms with Crippen molar-refractivity contribution in [3.8, 4) is 0 Å². The zero-order valence-corrected chi connectivity index (χ0v) is 17.5. The van der Waals surface area contributed by atoms with Crippen LogP contribution in [0.4, 0.5) is 11.8 Å². The van der Waals surface area contributed by atoms with E-state index in [1.165, 1.54) is 11.3 Å². The van der Waals surface area contributed by atoms with E-state index in [4.69, 9.17) is 4.74 Å². The number of morpholine rings is 1. The molecule has 2 N–H and O–H groups in total. The van der Waals surface area contributed by atoms with Crippen molar-refractivity contribution in [3.63, 3.8) is 0 Å². The number of rotatable bonds is 7. The Labute approximate surface area is 165 Å². The van der Waals surface area contributed by atoms with Crippen molar-refractivity contribution in [3.05, 3.63) is 27.7 Å². The van der Waals surface area contributed by atoms with Crippen LogP contribution in [0, 0.1) is 6.92 Å². The summed E-state index contributed by atoms with van der Waals surface area (Å²) < 4.78 is 33.3. The standard InChI is InChI=1S/C15H20BrN5O3S2/c1-11-10-13(21-6-8-24-9-7-21)20-15(19-11)17-4-5-18-26(22,23)14-3-2-12(16)25-14/h2-3,10,18H,4-9H2,1H3,(H,17,19,20). The first-order chi connectivity index (χ1) is 12.4. The van der Waals surface area contributed by atoms with Crippen LogP contribution in [-0.4, -0.2) is 57.8 Å². The highest BCUT2D eigenvalue weighted by molar-refractivity contribution is 9.11. The molecule has 0 amide bonds. The zero-order valence-electron chi connectivity index (χ0n) is 14.2. The summed E-state index contributed by atoms with van der Waals surface area (Å²) in [5, 5.41) is 3.08. The number of nitrogens with one attached hydrogen (secondary N) is 2. The zero-order chi connectivity index (χ0) is 18.6. The van der Waals surface area contributed by atoms with E-state index in [9.17, 15) is 8.42 Å². The van der Waals surface area contributed by atoms with Gasteiger partial charge >= 0.3 is 0 Å². The number of sulfonamides is 1. The Morgan fingerprint density at radius 1 is 1.27 bits per heavy atom. The molecule has 26 heavy (non-hydrogen) atoms. The molecule has 3 rings (SSSR count). The van der Waals surface area contributed by atoms with Crippen LogP contribution in [0.25, 0.3) is 0 Å². The molecule has 1 aliphatic heterocycles. The van der Waals surface area contributed by atoms with E-state index in [1.807, 2.05) is 13.0 Å². The predicted molar refractivity (Wildman–Crippen MR) is 105 cm³/mol.